The molecule has 2 atom stereocenters. The summed E-state index contributed by atoms with van der Waals surface area (Å²) in [6.45, 7) is 0. The molecule has 1 heterocycles. The van der Waals surface area contributed by atoms with Crippen molar-refractivity contribution in [2.45, 2.75) is 17.9 Å². The van der Waals surface area contributed by atoms with Crippen LogP contribution in [0.3, 0.4) is 0 Å². The number of allylic oxidation sites excluding steroid dienone is 2. The summed E-state index contributed by atoms with van der Waals surface area (Å²) in [4.78, 5) is 29.7. The minimum Gasteiger partial charge on any atom is -0.498 e. The van der Waals surface area contributed by atoms with Crippen molar-refractivity contribution in [1.82, 2.24) is 5.06 Å². The summed E-state index contributed by atoms with van der Waals surface area (Å²) in [5.41, 5.74) is 0.0572. The number of carbonyl (C=O) groups excluding carboxylic acids is 2. The molecule has 1 amide bonds. The molecule has 2 aliphatic rings. The first kappa shape index (κ1) is 14.5. The number of benzene rings is 1. The topological polar surface area (TPSA) is 55.8 Å². The van der Waals surface area contributed by atoms with Gasteiger partial charge in [0.15, 0.2) is 5.78 Å². The van der Waals surface area contributed by atoms with Crippen molar-refractivity contribution in [2.24, 2.45) is 0 Å². The number of hydrogen-bond acceptors (Lipinski definition) is 4. The molecule has 1 saturated heterocycles. The van der Waals surface area contributed by atoms with E-state index >= 15 is 0 Å². The monoisotopic (exact) mass is 299 g/mol. The van der Waals surface area contributed by atoms with E-state index in [-0.39, 0.29) is 17.6 Å². The van der Waals surface area contributed by atoms with Crippen LogP contribution in [0.2, 0.25) is 0 Å². The largest absolute Gasteiger partial charge is 0.498 e. The standard InChI is InChI=1S/C17H17NO4/c1-21-15-10-13(19)8-9-17(15)11-14(16(20)18(17)22-2)12-6-4-3-5-7-12/h3-10,14H,11H2,1-2H3/t14-,17+/m1/s1. The highest BCUT2D eigenvalue weighted by atomic mass is 16.7. The zero-order valence-electron chi connectivity index (χ0n) is 12.5. The molecule has 1 spiro atoms. The first-order valence-electron chi connectivity index (χ1n) is 7.05. The molecule has 0 unspecified atom stereocenters. The molecule has 0 radical (unpaired) electrons. The predicted molar refractivity (Wildman–Crippen MR) is 79.6 cm³/mol. The summed E-state index contributed by atoms with van der Waals surface area (Å²) in [6.07, 6.45) is 5.02. The summed E-state index contributed by atoms with van der Waals surface area (Å²) in [5.74, 6) is -0.212. The van der Waals surface area contributed by atoms with Crippen molar-refractivity contribution in [1.29, 1.82) is 0 Å². The first-order chi connectivity index (χ1) is 10.6. The van der Waals surface area contributed by atoms with E-state index in [4.69, 9.17) is 9.57 Å². The van der Waals surface area contributed by atoms with Crippen LogP contribution >= 0.6 is 0 Å². The van der Waals surface area contributed by atoms with E-state index in [1.54, 1.807) is 6.08 Å². The van der Waals surface area contributed by atoms with Crippen LogP contribution in [0.25, 0.3) is 0 Å². The van der Waals surface area contributed by atoms with Crippen LogP contribution in [0.1, 0.15) is 17.9 Å². The molecule has 5 nitrogen and oxygen atoms in total. The molecule has 0 aromatic heterocycles. The van der Waals surface area contributed by atoms with Gasteiger partial charge in [0.1, 0.15) is 11.3 Å². The van der Waals surface area contributed by atoms with E-state index < -0.39 is 5.54 Å². The number of hydrogen-bond donors (Lipinski definition) is 0. The van der Waals surface area contributed by atoms with Crippen LogP contribution in [0.5, 0.6) is 0 Å². The Balaban J connectivity index is 2.06. The maximum Gasteiger partial charge on any atom is 0.255 e. The lowest BCUT2D eigenvalue weighted by atomic mass is 9.84. The van der Waals surface area contributed by atoms with Gasteiger partial charge < -0.3 is 4.74 Å². The Kier molecular flexibility index (Phi) is 3.58. The minimum atomic E-state index is -0.866. The fourth-order valence-corrected chi connectivity index (χ4v) is 3.19. The molecular formula is C17H17NO4. The van der Waals surface area contributed by atoms with Crippen molar-refractivity contribution < 1.29 is 19.2 Å². The quantitative estimate of drug-likeness (QED) is 0.856. The Bertz CT molecular complexity index is 664. The fraction of sp³-hybridized carbons (Fsp3) is 0.294. The third-order valence-electron chi connectivity index (χ3n) is 4.20. The molecule has 1 aromatic carbocycles. The van der Waals surface area contributed by atoms with Crippen molar-refractivity contribution in [3.05, 3.63) is 59.9 Å². The Morgan fingerprint density at radius 3 is 2.55 bits per heavy atom. The van der Waals surface area contributed by atoms with Crippen molar-refractivity contribution in [3.8, 4) is 0 Å². The highest BCUT2D eigenvalue weighted by molar-refractivity contribution is 6.02. The lowest BCUT2D eigenvalue weighted by molar-refractivity contribution is -0.188. The summed E-state index contributed by atoms with van der Waals surface area (Å²) in [6, 6.07) is 9.55. The van der Waals surface area contributed by atoms with Gasteiger partial charge >= 0.3 is 0 Å². The number of rotatable bonds is 3. The van der Waals surface area contributed by atoms with Gasteiger partial charge in [-0.1, -0.05) is 30.3 Å². The number of hydroxylamine groups is 2. The fourth-order valence-electron chi connectivity index (χ4n) is 3.19. The van der Waals surface area contributed by atoms with E-state index in [9.17, 15) is 9.59 Å². The predicted octanol–water partition coefficient (Wildman–Crippen LogP) is 1.97. The zero-order chi connectivity index (χ0) is 15.7. The Morgan fingerprint density at radius 2 is 1.91 bits per heavy atom. The Morgan fingerprint density at radius 1 is 1.18 bits per heavy atom. The smallest absolute Gasteiger partial charge is 0.255 e. The number of ether oxygens (including phenoxy) is 1. The molecule has 3 rings (SSSR count). The molecule has 0 N–H and O–H groups in total. The van der Waals surface area contributed by atoms with Gasteiger partial charge in [-0.3, -0.25) is 14.4 Å². The molecule has 22 heavy (non-hydrogen) atoms. The Hall–Kier alpha value is -2.40. The third kappa shape index (κ3) is 2.05. The summed E-state index contributed by atoms with van der Waals surface area (Å²) in [5, 5.41) is 1.31. The molecule has 1 aromatic rings. The van der Waals surface area contributed by atoms with Gasteiger partial charge in [0.05, 0.1) is 20.1 Å². The second-order valence-electron chi connectivity index (χ2n) is 5.36. The molecular weight excluding hydrogens is 282 g/mol. The maximum atomic E-state index is 12.8. The lowest BCUT2D eigenvalue weighted by Crippen LogP contribution is -2.46. The first-order valence-corrected chi connectivity index (χ1v) is 7.05. The second kappa shape index (κ2) is 5.42. The van der Waals surface area contributed by atoms with Crippen molar-refractivity contribution in [3.63, 3.8) is 0 Å². The average Bonchev–Trinajstić information content (AvgIpc) is 2.83. The highest BCUT2D eigenvalue weighted by Crippen LogP contribution is 2.46. The van der Waals surface area contributed by atoms with Crippen LogP contribution in [-0.2, 0) is 19.2 Å². The van der Waals surface area contributed by atoms with Gasteiger partial charge in [-0.15, -0.1) is 0 Å². The summed E-state index contributed by atoms with van der Waals surface area (Å²) in [7, 11) is 2.94. The number of methoxy groups -OCH3 is 1. The number of ketones is 1. The van der Waals surface area contributed by atoms with Gasteiger partial charge in [0.2, 0.25) is 0 Å². The summed E-state index contributed by atoms with van der Waals surface area (Å²) >= 11 is 0. The SMILES string of the molecule is COC1=CC(=O)C=C[C@]12C[C@H](c1ccccc1)C(=O)N2OC. The molecule has 114 valence electrons. The maximum absolute atomic E-state index is 12.8. The van der Waals surface area contributed by atoms with Crippen LogP contribution in [0.15, 0.2) is 54.3 Å². The van der Waals surface area contributed by atoms with Crippen molar-refractivity contribution in [2.75, 3.05) is 14.2 Å². The van der Waals surface area contributed by atoms with Crippen molar-refractivity contribution >= 4 is 11.7 Å². The zero-order valence-corrected chi connectivity index (χ0v) is 12.5. The summed E-state index contributed by atoms with van der Waals surface area (Å²) < 4.78 is 5.38. The molecule has 1 fully saturated rings. The second-order valence-corrected chi connectivity index (χ2v) is 5.36. The normalized spacial score (nSPS) is 27.5. The third-order valence-corrected chi connectivity index (χ3v) is 4.20. The minimum absolute atomic E-state index is 0.143. The van der Waals surface area contributed by atoms with Crippen LogP contribution < -0.4 is 0 Å². The molecule has 0 bridgehead atoms. The number of nitrogens with zero attached hydrogens (tertiary/aromatic N) is 1. The van der Waals surface area contributed by atoms with Gasteiger partial charge in [-0.2, -0.15) is 0 Å². The van der Waals surface area contributed by atoms with Gasteiger partial charge in [0.25, 0.3) is 5.91 Å². The molecule has 1 aliphatic heterocycles. The van der Waals surface area contributed by atoms with E-state index in [1.165, 1.54) is 31.4 Å². The lowest BCUT2D eigenvalue weighted by Gasteiger charge is -2.35. The average molecular weight is 299 g/mol. The molecule has 1 aliphatic carbocycles. The highest BCUT2D eigenvalue weighted by Gasteiger charge is 2.55. The number of amides is 1. The van der Waals surface area contributed by atoms with Crippen LogP contribution in [0, 0.1) is 0 Å². The van der Waals surface area contributed by atoms with Gasteiger partial charge in [-0.05, 0) is 24.1 Å². The van der Waals surface area contributed by atoms with E-state index in [2.05, 4.69) is 0 Å². The van der Waals surface area contributed by atoms with E-state index in [0.717, 1.165) is 5.56 Å². The van der Waals surface area contributed by atoms with E-state index in [1.807, 2.05) is 30.3 Å². The van der Waals surface area contributed by atoms with Crippen LogP contribution in [0.4, 0.5) is 0 Å². The molecule has 5 heteroatoms. The van der Waals surface area contributed by atoms with Crippen LogP contribution in [-0.4, -0.2) is 36.5 Å². The van der Waals surface area contributed by atoms with E-state index in [0.29, 0.717) is 12.2 Å². The molecule has 0 saturated carbocycles. The number of carbonyl (C=O) groups is 2. The Labute approximate surface area is 128 Å². The van der Waals surface area contributed by atoms with Gasteiger partial charge in [-0.25, -0.2) is 5.06 Å². The van der Waals surface area contributed by atoms with Gasteiger partial charge in [0, 0.05) is 6.08 Å².